The zero-order valence-corrected chi connectivity index (χ0v) is 26.7. The zero-order chi connectivity index (χ0) is 32.5. The number of pyridine rings is 1. The first-order valence-corrected chi connectivity index (χ1v) is 16.3. The molecule has 1 aromatic heterocycles. The molecule has 3 nitrogen and oxygen atoms in total. The second kappa shape index (κ2) is 12.6. The van der Waals surface area contributed by atoms with Crippen LogP contribution in [-0.2, 0) is 0 Å². The number of nitrogens with zero attached hydrogens (tertiary/aromatic N) is 1. The highest BCUT2D eigenvalue weighted by Crippen LogP contribution is 2.42. The second-order valence-corrected chi connectivity index (χ2v) is 12.2. The number of aromatic amines is 1. The fourth-order valence-corrected chi connectivity index (χ4v) is 6.81. The van der Waals surface area contributed by atoms with Gasteiger partial charge in [0.1, 0.15) is 5.49 Å². The predicted molar refractivity (Wildman–Crippen MR) is 201 cm³/mol. The molecule has 0 aliphatic carbocycles. The van der Waals surface area contributed by atoms with Gasteiger partial charge in [0.15, 0.2) is 5.84 Å². The first-order valence-electron chi connectivity index (χ1n) is 15.9. The molecule has 8 aromatic rings. The van der Waals surface area contributed by atoms with Gasteiger partial charge >= 0.3 is 0 Å². The van der Waals surface area contributed by atoms with E-state index in [9.17, 15) is 0 Å². The average molecular weight is 636 g/mol. The van der Waals surface area contributed by atoms with Gasteiger partial charge in [-0.2, -0.15) is 0 Å². The second-order valence-electron chi connectivity index (χ2n) is 11.8. The smallest absolute Gasteiger partial charge is 0.154 e. The number of aromatic nitrogens is 1. The summed E-state index contributed by atoms with van der Waals surface area (Å²) in [7, 11) is 0. The molecule has 0 fully saturated rings. The van der Waals surface area contributed by atoms with Crippen molar-refractivity contribution in [3.63, 3.8) is 0 Å². The van der Waals surface area contributed by atoms with Crippen LogP contribution in [0.1, 0.15) is 5.56 Å². The van der Waals surface area contributed by atoms with Gasteiger partial charge in [0, 0.05) is 28.1 Å². The van der Waals surface area contributed by atoms with Gasteiger partial charge in [-0.3, -0.25) is 5.41 Å². The number of fused-ring (bicyclic) bond motifs is 2. The molecule has 8 rings (SSSR count). The maximum Gasteiger partial charge on any atom is 0.154 e. The average Bonchev–Trinajstić information content (AvgIpc) is 3.16. The zero-order valence-electron chi connectivity index (χ0n) is 26.0. The summed E-state index contributed by atoms with van der Waals surface area (Å²) in [4.78, 5) is 8.22. The molecule has 0 aliphatic rings. The van der Waals surface area contributed by atoms with Crippen molar-refractivity contribution in [2.24, 2.45) is 4.99 Å². The number of hydrogen-bond donors (Lipinski definition) is 2. The largest absolute Gasteiger partial charge is 0.345 e. The molecule has 0 unspecified atom stereocenters. The molecular weight excluding hydrogens is 606 g/mol. The van der Waals surface area contributed by atoms with Gasteiger partial charge in [0.2, 0.25) is 0 Å². The fraction of sp³-hybridized carbons (Fsp3) is 0. The van der Waals surface area contributed by atoms with Gasteiger partial charge in [0.25, 0.3) is 0 Å². The third kappa shape index (κ3) is 5.51. The third-order valence-corrected chi connectivity index (χ3v) is 9.23. The molecule has 7 aromatic carbocycles. The van der Waals surface area contributed by atoms with Crippen LogP contribution in [0.4, 0.5) is 0 Å². The quantitative estimate of drug-likeness (QED) is 0.107. The summed E-state index contributed by atoms with van der Waals surface area (Å²) in [5.74, 6) is 0.184. The Hall–Kier alpha value is -6.03. The standard InChI is InChI=1S/C44H30ClN3/c45-42-38-23-9-7-21-36(38)41(37-22-8-10-24-39(37)42)33-19-11-17-31(25-33)32-18-12-20-34(26-32)43(46)48-44-40(30-15-5-2-6-16-30)27-35(28-47-44)29-13-3-1-4-14-29/h1-28H,(H2,46,47,48). The Morgan fingerprint density at radius 3 is 1.67 bits per heavy atom. The fourth-order valence-electron chi connectivity index (χ4n) is 6.48. The van der Waals surface area contributed by atoms with Crippen molar-refractivity contribution in [3.8, 4) is 44.5 Å². The number of nitrogens with one attached hydrogen (secondary N) is 2. The Labute approximate surface area is 284 Å². The molecule has 0 bridgehead atoms. The molecule has 1 heterocycles. The highest BCUT2D eigenvalue weighted by atomic mass is 35.5. The van der Waals surface area contributed by atoms with Gasteiger partial charge in [-0.1, -0.05) is 157 Å². The highest BCUT2D eigenvalue weighted by Gasteiger charge is 2.15. The van der Waals surface area contributed by atoms with Crippen LogP contribution in [0.2, 0.25) is 5.02 Å². The molecule has 0 amide bonds. The van der Waals surface area contributed by atoms with Crippen LogP contribution in [-0.4, -0.2) is 10.8 Å². The van der Waals surface area contributed by atoms with E-state index in [1.807, 2.05) is 72.9 Å². The molecule has 2 N–H and O–H groups in total. The van der Waals surface area contributed by atoms with E-state index in [2.05, 4.69) is 102 Å². The van der Waals surface area contributed by atoms with Gasteiger partial charge in [-0.15, -0.1) is 0 Å². The minimum atomic E-state index is 0.184. The lowest BCUT2D eigenvalue weighted by Crippen LogP contribution is -2.14. The van der Waals surface area contributed by atoms with Gasteiger partial charge in [-0.25, -0.2) is 4.99 Å². The summed E-state index contributed by atoms with van der Waals surface area (Å²) in [5.41, 5.74) is 9.87. The van der Waals surface area contributed by atoms with E-state index in [1.54, 1.807) is 0 Å². The number of benzene rings is 7. The lowest BCUT2D eigenvalue weighted by molar-refractivity contribution is 1.16. The summed E-state index contributed by atoms with van der Waals surface area (Å²) in [5, 5.41) is 14.2. The molecule has 0 spiro atoms. The van der Waals surface area contributed by atoms with Crippen molar-refractivity contribution in [2.45, 2.75) is 0 Å². The van der Waals surface area contributed by atoms with E-state index in [-0.39, 0.29) is 5.84 Å². The van der Waals surface area contributed by atoms with Crippen LogP contribution >= 0.6 is 11.6 Å². The van der Waals surface area contributed by atoms with Crippen LogP contribution in [0.25, 0.3) is 66.1 Å². The summed E-state index contributed by atoms with van der Waals surface area (Å²) < 4.78 is 0. The summed E-state index contributed by atoms with van der Waals surface area (Å²) >= 11 is 6.92. The molecule has 0 radical (unpaired) electrons. The topological polar surface area (TPSA) is 52.0 Å². The third-order valence-electron chi connectivity index (χ3n) is 8.82. The maximum atomic E-state index is 9.08. The Morgan fingerprint density at radius 1 is 0.479 bits per heavy atom. The normalized spacial score (nSPS) is 11.6. The van der Waals surface area contributed by atoms with E-state index in [4.69, 9.17) is 22.0 Å². The Morgan fingerprint density at radius 2 is 1.00 bits per heavy atom. The summed E-state index contributed by atoms with van der Waals surface area (Å²) in [6.07, 6.45) is 1.96. The van der Waals surface area contributed by atoms with E-state index < -0.39 is 0 Å². The maximum absolute atomic E-state index is 9.08. The molecular formula is C44H30ClN3. The minimum Gasteiger partial charge on any atom is -0.345 e. The van der Waals surface area contributed by atoms with Gasteiger partial charge < -0.3 is 4.98 Å². The van der Waals surface area contributed by atoms with E-state index in [1.165, 1.54) is 0 Å². The number of hydrogen-bond acceptors (Lipinski definition) is 1. The molecule has 0 saturated carbocycles. The SMILES string of the molecule is N=C(/N=c1\[nH]cc(-c2ccccc2)cc1-c1ccccc1)c1cccc(-c2cccc(-c3c4ccccc4c(Cl)c4ccccc34)c2)c1. The predicted octanol–water partition coefficient (Wildman–Crippen LogP) is 11.6. The van der Waals surface area contributed by atoms with Crippen LogP contribution in [0.3, 0.4) is 0 Å². The van der Waals surface area contributed by atoms with Crippen LogP contribution in [0.5, 0.6) is 0 Å². The summed E-state index contributed by atoms with van der Waals surface area (Å²) in [6, 6.07) is 55.9. The van der Waals surface area contributed by atoms with E-state index in [0.717, 1.165) is 76.6 Å². The highest BCUT2D eigenvalue weighted by molar-refractivity contribution is 6.42. The minimum absolute atomic E-state index is 0.184. The number of rotatable bonds is 5. The van der Waals surface area contributed by atoms with E-state index >= 15 is 0 Å². The van der Waals surface area contributed by atoms with Crippen molar-refractivity contribution in [2.75, 3.05) is 0 Å². The number of H-pyrrole nitrogens is 1. The van der Waals surface area contributed by atoms with E-state index in [0.29, 0.717) is 5.49 Å². The molecule has 0 saturated heterocycles. The van der Waals surface area contributed by atoms with Crippen LogP contribution in [0, 0.1) is 5.41 Å². The lowest BCUT2D eigenvalue weighted by atomic mass is 9.90. The molecule has 48 heavy (non-hydrogen) atoms. The lowest BCUT2D eigenvalue weighted by Gasteiger charge is -2.15. The van der Waals surface area contributed by atoms with Crippen molar-refractivity contribution < 1.29 is 0 Å². The Bertz CT molecular complexity index is 2480. The van der Waals surface area contributed by atoms with Crippen LogP contribution in [0.15, 0.2) is 175 Å². The Balaban J connectivity index is 1.20. The summed E-state index contributed by atoms with van der Waals surface area (Å²) in [6.45, 7) is 0. The first kappa shape index (κ1) is 29.4. The van der Waals surface area contributed by atoms with Crippen molar-refractivity contribution in [1.29, 1.82) is 5.41 Å². The molecule has 0 atom stereocenters. The monoisotopic (exact) mass is 635 g/mol. The molecule has 0 aliphatic heterocycles. The number of amidine groups is 1. The molecule has 228 valence electrons. The Kier molecular flexibility index (Phi) is 7.73. The number of halogens is 1. The van der Waals surface area contributed by atoms with Crippen molar-refractivity contribution in [3.05, 3.63) is 186 Å². The van der Waals surface area contributed by atoms with Crippen LogP contribution < -0.4 is 5.49 Å². The van der Waals surface area contributed by atoms with Crippen molar-refractivity contribution in [1.82, 2.24) is 4.98 Å². The van der Waals surface area contributed by atoms with Gasteiger partial charge in [0.05, 0.1) is 5.02 Å². The first-order chi connectivity index (χ1) is 23.6. The van der Waals surface area contributed by atoms with Gasteiger partial charge in [-0.05, 0) is 67.9 Å². The van der Waals surface area contributed by atoms with Crippen molar-refractivity contribution >= 4 is 39.0 Å². The molecule has 4 heteroatoms.